The SMILES string of the molecule is O=C1C2=CC=CC2C(=O)N1c1ccccc1. The molecule has 3 heteroatoms. The minimum Gasteiger partial charge on any atom is -0.273 e. The Labute approximate surface area is 92.7 Å². The maximum Gasteiger partial charge on any atom is 0.262 e. The van der Waals surface area contributed by atoms with E-state index < -0.39 is 0 Å². The Morgan fingerprint density at radius 1 is 1.06 bits per heavy atom. The second kappa shape index (κ2) is 3.17. The van der Waals surface area contributed by atoms with Crippen LogP contribution in [0.5, 0.6) is 0 Å². The lowest BCUT2D eigenvalue weighted by molar-refractivity contribution is -0.121. The summed E-state index contributed by atoms with van der Waals surface area (Å²) in [4.78, 5) is 25.3. The summed E-state index contributed by atoms with van der Waals surface area (Å²) >= 11 is 0. The number of benzene rings is 1. The summed E-state index contributed by atoms with van der Waals surface area (Å²) in [5.74, 6) is -0.727. The molecule has 1 fully saturated rings. The van der Waals surface area contributed by atoms with Gasteiger partial charge in [-0.15, -0.1) is 0 Å². The molecule has 1 aromatic carbocycles. The molecule has 3 nitrogen and oxygen atoms in total. The highest BCUT2D eigenvalue weighted by molar-refractivity contribution is 6.30. The number of para-hydroxylation sites is 1. The van der Waals surface area contributed by atoms with Gasteiger partial charge in [0.05, 0.1) is 11.6 Å². The summed E-state index contributed by atoms with van der Waals surface area (Å²) < 4.78 is 0. The molecule has 0 N–H and O–H groups in total. The van der Waals surface area contributed by atoms with Crippen molar-refractivity contribution in [1.82, 2.24) is 0 Å². The van der Waals surface area contributed by atoms with Crippen LogP contribution in [0.3, 0.4) is 0 Å². The van der Waals surface area contributed by atoms with Crippen LogP contribution in [0.4, 0.5) is 5.69 Å². The largest absolute Gasteiger partial charge is 0.273 e. The zero-order valence-corrected chi connectivity index (χ0v) is 8.46. The summed E-state index contributed by atoms with van der Waals surface area (Å²) in [5, 5.41) is 0. The van der Waals surface area contributed by atoms with Gasteiger partial charge < -0.3 is 0 Å². The van der Waals surface area contributed by atoms with Crippen LogP contribution in [0.1, 0.15) is 0 Å². The van der Waals surface area contributed by atoms with Crippen LogP contribution in [0.2, 0.25) is 0 Å². The summed E-state index contributed by atoms with van der Waals surface area (Å²) in [5.41, 5.74) is 1.22. The maximum atomic E-state index is 12.0. The van der Waals surface area contributed by atoms with E-state index >= 15 is 0 Å². The van der Waals surface area contributed by atoms with E-state index in [2.05, 4.69) is 0 Å². The van der Waals surface area contributed by atoms with E-state index in [1.165, 1.54) is 4.90 Å². The lowest BCUT2D eigenvalue weighted by atomic mass is 10.1. The fourth-order valence-corrected chi connectivity index (χ4v) is 2.09. The molecule has 16 heavy (non-hydrogen) atoms. The second-order valence-electron chi connectivity index (χ2n) is 3.80. The standard InChI is InChI=1S/C13H9NO2/c15-12-10-7-4-8-11(10)13(16)14(12)9-5-2-1-3-6-9/h1-8,10H. The van der Waals surface area contributed by atoms with Crippen LogP contribution >= 0.6 is 0 Å². The summed E-state index contributed by atoms with van der Waals surface area (Å²) in [7, 11) is 0. The Bertz CT molecular complexity index is 528. The van der Waals surface area contributed by atoms with Crippen LogP contribution in [0.15, 0.2) is 54.1 Å². The van der Waals surface area contributed by atoms with Gasteiger partial charge >= 0.3 is 0 Å². The molecular formula is C13H9NO2. The van der Waals surface area contributed by atoms with Crippen molar-refractivity contribution >= 4 is 17.5 Å². The number of hydrogen-bond acceptors (Lipinski definition) is 2. The number of rotatable bonds is 1. The zero-order chi connectivity index (χ0) is 11.1. The number of carbonyl (C=O) groups is 2. The molecule has 0 saturated carbocycles. The lowest BCUT2D eigenvalue weighted by Crippen LogP contribution is -2.30. The Morgan fingerprint density at radius 3 is 2.50 bits per heavy atom. The highest BCUT2D eigenvalue weighted by atomic mass is 16.2. The molecule has 1 aliphatic carbocycles. The first kappa shape index (κ1) is 9.09. The van der Waals surface area contributed by atoms with E-state index in [0.717, 1.165) is 0 Å². The van der Waals surface area contributed by atoms with Crippen molar-refractivity contribution in [1.29, 1.82) is 0 Å². The van der Waals surface area contributed by atoms with Gasteiger partial charge in [-0.3, -0.25) is 9.59 Å². The van der Waals surface area contributed by atoms with E-state index in [1.54, 1.807) is 30.4 Å². The molecule has 0 aromatic heterocycles. The highest BCUT2D eigenvalue weighted by Crippen LogP contribution is 2.33. The maximum absolute atomic E-state index is 12.0. The average molecular weight is 211 g/mol. The first-order valence-electron chi connectivity index (χ1n) is 5.11. The van der Waals surface area contributed by atoms with Crippen molar-refractivity contribution in [2.75, 3.05) is 4.90 Å². The van der Waals surface area contributed by atoms with E-state index in [4.69, 9.17) is 0 Å². The van der Waals surface area contributed by atoms with Crippen LogP contribution in [-0.4, -0.2) is 11.8 Å². The van der Waals surface area contributed by atoms with Crippen LogP contribution in [-0.2, 0) is 9.59 Å². The molecule has 0 radical (unpaired) electrons. The number of nitrogens with zero attached hydrogens (tertiary/aromatic N) is 1. The van der Waals surface area contributed by atoms with Crippen molar-refractivity contribution in [2.45, 2.75) is 0 Å². The third kappa shape index (κ3) is 1.08. The van der Waals surface area contributed by atoms with Crippen molar-refractivity contribution < 1.29 is 9.59 Å². The molecule has 1 atom stereocenters. The van der Waals surface area contributed by atoms with Gasteiger partial charge in [0.2, 0.25) is 5.91 Å². The second-order valence-corrected chi connectivity index (χ2v) is 3.80. The van der Waals surface area contributed by atoms with Gasteiger partial charge in [0.25, 0.3) is 5.91 Å². The smallest absolute Gasteiger partial charge is 0.262 e. The molecule has 1 aliphatic heterocycles. The van der Waals surface area contributed by atoms with E-state index in [9.17, 15) is 9.59 Å². The molecular weight excluding hydrogens is 202 g/mol. The van der Waals surface area contributed by atoms with Gasteiger partial charge in [-0.1, -0.05) is 36.4 Å². The number of anilines is 1. The molecule has 1 heterocycles. The van der Waals surface area contributed by atoms with Crippen LogP contribution in [0.25, 0.3) is 0 Å². The summed E-state index contributed by atoms with van der Waals surface area (Å²) in [6, 6.07) is 9.01. The first-order valence-corrected chi connectivity index (χ1v) is 5.11. The highest BCUT2D eigenvalue weighted by Gasteiger charge is 2.43. The third-order valence-electron chi connectivity index (χ3n) is 2.87. The topological polar surface area (TPSA) is 37.4 Å². The number of imide groups is 1. The normalized spacial score (nSPS) is 22.6. The Kier molecular flexibility index (Phi) is 1.80. The van der Waals surface area contributed by atoms with Gasteiger partial charge in [-0.25, -0.2) is 4.90 Å². The van der Waals surface area contributed by atoms with Crippen molar-refractivity contribution in [3.05, 3.63) is 54.1 Å². The molecule has 3 rings (SSSR count). The molecule has 1 unspecified atom stereocenters. The fourth-order valence-electron chi connectivity index (χ4n) is 2.09. The summed E-state index contributed by atoms with van der Waals surface area (Å²) in [6.07, 6.45) is 5.24. The van der Waals surface area contributed by atoms with E-state index in [1.807, 2.05) is 18.2 Å². The Morgan fingerprint density at radius 2 is 1.81 bits per heavy atom. The number of carbonyl (C=O) groups excluding carboxylic acids is 2. The predicted octanol–water partition coefficient (Wildman–Crippen LogP) is 1.67. The van der Waals surface area contributed by atoms with Crippen molar-refractivity contribution in [3.8, 4) is 0 Å². The third-order valence-corrected chi connectivity index (χ3v) is 2.87. The van der Waals surface area contributed by atoms with Gasteiger partial charge in [-0.2, -0.15) is 0 Å². The zero-order valence-electron chi connectivity index (χ0n) is 8.46. The minimum absolute atomic E-state index is 0.156. The average Bonchev–Trinajstić information content (AvgIpc) is 2.86. The molecule has 0 spiro atoms. The molecule has 2 aliphatic rings. The minimum atomic E-state index is -0.368. The van der Waals surface area contributed by atoms with E-state index in [0.29, 0.717) is 11.3 Å². The number of allylic oxidation sites excluding steroid dienone is 2. The Balaban J connectivity index is 2.06. The first-order chi connectivity index (χ1) is 7.79. The lowest BCUT2D eigenvalue weighted by Gasteiger charge is -2.13. The van der Waals surface area contributed by atoms with Gasteiger partial charge in [-0.05, 0) is 12.1 Å². The molecule has 0 bridgehead atoms. The predicted molar refractivity (Wildman–Crippen MR) is 59.6 cm³/mol. The molecule has 78 valence electrons. The number of hydrogen-bond donors (Lipinski definition) is 0. The van der Waals surface area contributed by atoms with Gasteiger partial charge in [0.1, 0.15) is 0 Å². The van der Waals surface area contributed by atoms with E-state index in [-0.39, 0.29) is 17.7 Å². The fraction of sp³-hybridized carbons (Fsp3) is 0.0769. The van der Waals surface area contributed by atoms with Crippen LogP contribution < -0.4 is 4.90 Å². The quantitative estimate of drug-likeness (QED) is 0.662. The molecule has 1 saturated heterocycles. The van der Waals surface area contributed by atoms with Crippen molar-refractivity contribution in [2.24, 2.45) is 5.92 Å². The summed E-state index contributed by atoms with van der Waals surface area (Å²) in [6.45, 7) is 0. The van der Waals surface area contributed by atoms with Crippen LogP contribution in [0, 0.1) is 5.92 Å². The monoisotopic (exact) mass is 211 g/mol. The Hall–Kier alpha value is -2.16. The molecule has 2 amide bonds. The number of fused-ring (bicyclic) bond motifs is 1. The van der Waals surface area contributed by atoms with Crippen molar-refractivity contribution in [3.63, 3.8) is 0 Å². The number of amides is 2. The van der Waals surface area contributed by atoms with Gasteiger partial charge in [0.15, 0.2) is 0 Å². The molecule has 1 aromatic rings. The van der Waals surface area contributed by atoms with Gasteiger partial charge in [0, 0.05) is 5.57 Å².